The number of nitrogens with zero attached hydrogens (tertiary/aromatic N) is 3. The summed E-state index contributed by atoms with van der Waals surface area (Å²) in [5.41, 5.74) is 3.20. The van der Waals surface area contributed by atoms with Gasteiger partial charge in [-0.05, 0) is 62.7 Å². The second kappa shape index (κ2) is 8.35. The van der Waals surface area contributed by atoms with Gasteiger partial charge in [0.1, 0.15) is 5.82 Å². The molecule has 1 aromatic carbocycles. The Bertz CT molecular complexity index is 869. The topological polar surface area (TPSA) is 53.1 Å². The van der Waals surface area contributed by atoms with Gasteiger partial charge in [0.05, 0.1) is 17.4 Å². The molecule has 0 spiro atoms. The van der Waals surface area contributed by atoms with Crippen LogP contribution in [-0.2, 0) is 6.54 Å². The predicted molar refractivity (Wildman–Crippen MR) is 112 cm³/mol. The average Bonchev–Trinajstić information content (AvgIpc) is 2.72. The number of anilines is 2. The number of pyridine rings is 2. The Hall–Kier alpha value is -2.66. The van der Waals surface area contributed by atoms with Gasteiger partial charge in [0, 0.05) is 24.7 Å². The van der Waals surface area contributed by atoms with Crippen LogP contribution in [0.4, 0.5) is 11.5 Å². The van der Waals surface area contributed by atoms with Crippen LogP contribution in [0, 0.1) is 5.92 Å². The Morgan fingerprint density at radius 3 is 2.67 bits per heavy atom. The van der Waals surface area contributed by atoms with Crippen LogP contribution >= 0.6 is 0 Å². The molecular weight excluding hydrogens is 334 g/mol. The number of nitrogens with one attached hydrogen (secondary N) is 2. The zero-order valence-electron chi connectivity index (χ0n) is 15.9. The van der Waals surface area contributed by atoms with E-state index >= 15 is 0 Å². The molecule has 0 atom stereocenters. The summed E-state index contributed by atoms with van der Waals surface area (Å²) in [6.07, 6.45) is 6.36. The molecule has 2 aromatic heterocycles. The van der Waals surface area contributed by atoms with Crippen LogP contribution in [0.3, 0.4) is 0 Å². The molecule has 1 aliphatic heterocycles. The SMILES string of the molecule is CN1CCC(CNc2ccc(CNc3cnc4ccccc4c3)cn2)CC1. The molecule has 140 valence electrons. The fourth-order valence-corrected chi connectivity index (χ4v) is 3.52. The highest BCUT2D eigenvalue weighted by Crippen LogP contribution is 2.18. The van der Waals surface area contributed by atoms with Crippen LogP contribution in [0.25, 0.3) is 10.9 Å². The van der Waals surface area contributed by atoms with Crippen molar-refractivity contribution in [2.45, 2.75) is 19.4 Å². The predicted octanol–water partition coefficient (Wildman–Crippen LogP) is 4.00. The van der Waals surface area contributed by atoms with Crippen LogP contribution in [0.1, 0.15) is 18.4 Å². The second-order valence-corrected chi connectivity index (χ2v) is 7.45. The molecule has 0 amide bonds. The number of rotatable bonds is 6. The Labute approximate surface area is 160 Å². The number of aromatic nitrogens is 2. The second-order valence-electron chi connectivity index (χ2n) is 7.45. The van der Waals surface area contributed by atoms with Crippen LogP contribution < -0.4 is 10.6 Å². The lowest BCUT2D eigenvalue weighted by Gasteiger charge is -2.29. The zero-order chi connectivity index (χ0) is 18.5. The van der Waals surface area contributed by atoms with Crippen molar-refractivity contribution < 1.29 is 0 Å². The van der Waals surface area contributed by atoms with E-state index in [1.807, 2.05) is 30.6 Å². The van der Waals surface area contributed by atoms with Gasteiger partial charge in [0.25, 0.3) is 0 Å². The molecule has 1 fully saturated rings. The molecule has 0 radical (unpaired) electrons. The summed E-state index contributed by atoms with van der Waals surface area (Å²) in [5.74, 6) is 1.72. The third kappa shape index (κ3) is 4.74. The first kappa shape index (κ1) is 17.7. The standard InChI is InChI=1S/C22H27N5/c1-27-10-8-17(9-11-27)13-25-22-7-6-18(15-26-22)14-23-20-12-19-4-2-3-5-21(19)24-16-20/h2-7,12,15-17,23H,8-11,13-14H2,1H3,(H,25,26). The molecule has 5 nitrogen and oxygen atoms in total. The van der Waals surface area contributed by atoms with Gasteiger partial charge in [-0.2, -0.15) is 0 Å². The molecule has 1 saturated heterocycles. The van der Waals surface area contributed by atoms with E-state index < -0.39 is 0 Å². The van der Waals surface area contributed by atoms with E-state index in [1.54, 1.807) is 0 Å². The molecule has 3 heterocycles. The fourth-order valence-electron chi connectivity index (χ4n) is 3.52. The van der Waals surface area contributed by atoms with Crippen LogP contribution in [0.5, 0.6) is 0 Å². The van der Waals surface area contributed by atoms with Crippen molar-refractivity contribution in [3.8, 4) is 0 Å². The quantitative estimate of drug-likeness (QED) is 0.695. The summed E-state index contributed by atoms with van der Waals surface area (Å²) >= 11 is 0. The smallest absolute Gasteiger partial charge is 0.125 e. The maximum Gasteiger partial charge on any atom is 0.125 e. The summed E-state index contributed by atoms with van der Waals surface area (Å²) in [6, 6.07) is 14.5. The van der Waals surface area contributed by atoms with Crippen LogP contribution in [0.2, 0.25) is 0 Å². The molecule has 1 aliphatic rings. The van der Waals surface area contributed by atoms with Crippen molar-refractivity contribution in [2.75, 3.05) is 37.3 Å². The summed E-state index contributed by atoms with van der Waals surface area (Å²) in [7, 11) is 2.20. The number of fused-ring (bicyclic) bond motifs is 1. The first-order valence-corrected chi connectivity index (χ1v) is 9.72. The molecule has 0 saturated carbocycles. The summed E-state index contributed by atoms with van der Waals surface area (Å²) < 4.78 is 0. The number of piperidine rings is 1. The molecule has 2 N–H and O–H groups in total. The molecular formula is C22H27N5. The van der Waals surface area contributed by atoms with Gasteiger partial charge in [0.15, 0.2) is 0 Å². The van der Waals surface area contributed by atoms with Crippen molar-refractivity contribution in [1.82, 2.24) is 14.9 Å². The third-order valence-corrected chi connectivity index (χ3v) is 5.32. The molecule has 5 heteroatoms. The lowest BCUT2D eigenvalue weighted by atomic mass is 9.97. The number of benzene rings is 1. The van der Waals surface area contributed by atoms with Crippen molar-refractivity contribution >= 4 is 22.4 Å². The largest absolute Gasteiger partial charge is 0.380 e. The molecule has 0 aliphatic carbocycles. The number of likely N-dealkylation sites (tertiary alicyclic amines) is 1. The van der Waals surface area contributed by atoms with E-state index in [1.165, 1.54) is 25.9 Å². The monoisotopic (exact) mass is 361 g/mol. The first-order valence-electron chi connectivity index (χ1n) is 9.72. The Kier molecular flexibility index (Phi) is 5.49. The maximum atomic E-state index is 4.56. The average molecular weight is 361 g/mol. The van der Waals surface area contributed by atoms with E-state index in [-0.39, 0.29) is 0 Å². The van der Waals surface area contributed by atoms with Crippen molar-refractivity contribution in [1.29, 1.82) is 0 Å². The van der Waals surface area contributed by atoms with E-state index in [0.717, 1.165) is 47.0 Å². The summed E-state index contributed by atoms with van der Waals surface area (Å²) in [6.45, 7) is 4.16. The van der Waals surface area contributed by atoms with Gasteiger partial charge in [-0.15, -0.1) is 0 Å². The van der Waals surface area contributed by atoms with Gasteiger partial charge in [0.2, 0.25) is 0 Å². The lowest BCUT2D eigenvalue weighted by molar-refractivity contribution is 0.226. The van der Waals surface area contributed by atoms with Crippen molar-refractivity contribution in [2.24, 2.45) is 5.92 Å². The number of hydrogen-bond acceptors (Lipinski definition) is 5. The maximum absolute atomic E-state index is 4.56. The van der Waals surface area contributed by atoms with Gasteiger partial charge < -0.3 is 15.5 Å². The normalized spacial score (nSPS) is 15.7. The summed E-state index contributed by atoms with van der Waals surface area (Å²) in [4.78, 5) is 11.5. The van der Waals surface area contributed by atoms with Crippen molar-refractivity contribution in [3.63, 3.8) is 0 Å². The van der Waals surface area contributed by atoms with E-state index in [9.17, 15) is 0 Å². The highest BCUT2D eigenvalue weighted by atomic mass is 15.1. The van der Waals surface area contributed by atoms with E-state index in [2.05, 4.69) is 56.8 Å². The van der Waals surface area contributed by atoms with Crippen LogP contribution in [-0.4, -0.2) is 41.5 Å². The van der Waals surface area contributed by atoms with Gasteiger partial charge in [-0.1, -0.05) is 24.3 Å². The molecule has 3 aromatic rings. The zero-order valence-corrected chi connectivity index (χ0v) is 15.9. The highest BCUT2D eigenvalue weighted by molar-refractivity contribution is 5.81. The van der Waals surface area contributed by atoms with E-state index in [0.29, 0.717) is 0 Å². The van der Waals surface area contributed by atoms with Gasteiger partial charge in [-0.3, -0.25) is 4.98 Å². The number of para-hydroxylation sites is 1. The van der Waals surface area contributed by atoms with Crippen molar-refractivity contribution in [3.05, 3.63) is 60.4 Å². The van der Waals surface area contributed by atoms with Crippen LogP contribution in [0.15, 0.2) is 54.9 Å². The Morgan fingerprint density at radius 2 is 1.85 bits per heavy atom. The molecule has 4 rings (SSSR count). The van der Waals surface area contributed by atoms with Gasteiger partial charge >= 0.3 is 0 Å². The summed E-state index contributed by atoms with van der Waals surface area (Å²) in [5, 5.41) is 8.07. The number of hydrogen-bond donors (Lipinski definition) is 2. The van der Waals surface area contributed by atoms with Gasteiger partial charge in [-0.25, -0.2) is 4.98 Å². The Morgan fingerprint density at radius 1 is 1.00 bits per heavy atom. The minimum atomic E-state index is 0.738. The lowest BCUT2D eigenvalue weighted by Crippen LogP contribution is -2.33. The Balaban J connectivity index is 1.28. The first-order chi connectivity index (χ1) is 13.3. The fraction of sp³-hybridized carbons (Fsp3) is 0.364. The minimum Gasteiger partial charge on any atom is -0.380 e. The minimum absolute atomic E-state index is 0.738. The molecule has 27 heavy (non-hydrogen) atoms. The molecule has 0 unspecified atom stereocenters. The highest BCUT2D eigenvalue weighted by Gasteiger charge is 2.16. The third-order valence-electron chi connectivity index (χ3n) is 5.32. The molecule has 0 bridgehead atoms. The van der Waals surface area contributed by atoms with E-state index in [4.69, 9.17) is 0 Å².